The molecule has 1 atom stereocenters. The van der Waals surface area contributed by atoms with Crippen LogP contribution in [0.5, 0.6) is 0 Å². The summed E-state index contributed by atoms with van der Waals surface area (Å²) in [5, 5.41) is 3.04. The summed E-state index contributed by atoms with van der Waals surface area (Å²) in [4.78, 5) is 16.8. The maximum atomic E-state index is 12.4. The fraction of sp³-hybridized carbons (Fsp3) is 0.500. The summed E-state index contributed by atoms with van der Waals surface area (Å²) < 4.78 is 7.52. The summed E-state index contributed by atoms with van der Waals surface area (Å²) in [6.45, 7) is 2.89. The number of rotatable bonds is 8. The van der Waals surface area contributed by atoms with Gasteiger partial charge in [0.25, 0.3) is 0 Å². The van der Waals surface area contributed by atoms with Crippen molar-refractivity contribution >= 4 is 42.5 Å². The first-order valence-corrected chi connectivity index (χ1v) is 10.5. The van der Waals surface area contributed by atoms with Gasteiger partial charge in [0, 0.05) is 43.7 Å². The van der Waals surface area contributed by atoms with E-state index < -0.39 is 6.04 Å². The number of carbonyl (C=O) groups excluding carboxylic acids is 1. The Kier molecular flexibility index (Phi) is 11.1. The minimum Gasteiger partial charge on any atom is -0.381 e. The first kappa shape index (κ1) is 25.8. The number of nitrogens with two attached hydrogens (primary N) is 1. The van der Waals surface area contributed by atoms with Crippen molar-refractivity contribution in [3.63, 3.8) is 0 Å². The summed E-state index contributed by atoms with van der Waals surface area (Å²) in [6, 6.07) is 9.61. The highest BCUT2D eigenvalue weighted by molar-refractivity contribution is 8.00. The molecule has 162 valence electrons. The molecule has 0 unspecified atom stereocenters. The third-order valence-corrected chi connectivity index (χ3v) is 6.50. The van der Waals surface area contributed by atoms with Crippen molar-refractivity contribution in [3.05, 3.63) is 54.1 Å². The molecule has 1 aliphatic heterocycles. The Morgan fingerprint density at radius 3 is 2.66 bits per heavy atom. The van der Waals surface area contributed by atoms with Crippen LogP contribution in [0.15, 0.2) is 42.9 Å². The number of hydrogen-bond acceptors (Lipinski definition) is 5. The normalized spacial score (nSPS) is 16.2. The molecule has 3 N–H and O–H groups in total. The summed E-state index contributed by atoms with van der Waals surface area (Å²) >= 11 is 1.80. The van der Waals surface area contributed by atoms with Gasteiger partial charge < -0.3 is 20.4 Å². The number of amides is 1. The van der Waals surface area contributed by atoms with Gasteiger partial charge in [0.15, 0.2) is 0 Å². The van der Waals surface area contributed by atoms with Gasteiger partial charge in [0.1, 0.15) is 0 Å². The highest BCUT2D eigenvalue weighted by atomic mass is 35.5. The molecule has 9 heteroatoms. The molecule has 3 rings (SSSR count). The SMILES string of the molecule is CSC1(CNC(=O)[C@@H](N)Cc2cn(Cc3ccccc3)cn2)CCOCC1.Cl.Cl. The molecule has 1 aromatic heterocycles. The number of halogens is 2. The van der Waals surface area contributed by atoms with Gasteiger partial charge >= 0.3 is 0 Å². The van der Waals surface area contributed by atoms with Gasteiger partial charge in [0.2, 0.25) is 5.91 Å². The van der Waals surface area contributed by atoms with Crippen molar-refractivity contribution in [3.8, 4) is 0 Å². The van der Waals surface area contributed by atoms with Crippen LogP contribution >= 0.6 is 36.6 Å². The van der Waals surface area contributed by atoms with Gasteiger partial charge in [-0.05, 0) is 24.7 Å². The second-order valence-electron chi connectivity index (χ2n) is 7.05. The van der Waals surface area contributed by atoms with E-state index in [1.165, 1.54) is 5.56 Å². The fourth-order valence-corrected chi connectivity index (χ4v) is 4.08. The zero-order valence-electron chi connectivity index (χ0n) is 16.6. The van der Waals surface area contributed by atoms with Gasteiger partial charge in [0.05, 0.1) is 18.1 Å². The highest BCUT2D eigenvalue weighted by Crippen LogP contribution is 2.32. The molecular weight excluding hydrogens is 431 g/mol. The van der Waals surface area contributed by atoms with Crippen molar-refractivity contribution in [2.45, 2.75) is 36.6 Å². The van der Waals surface area contributed by atoms with Gasteiger partial charge in [-0.3, -0.25) is 4.79 Å². The Hall–Kier alpha value is -1.25. The van der Waals surface area contributed by atoms with Crippen molar-refractivity contribution in [1.29, 1.82) is 0 Å². The van der Waals surface area contributed by atoms with E-state index in [4.69, 9.17) is 10.5 Å². The van der Waals surface area contributed by atoms with Gasteiger partial charge in [-0.2, -0.15) is 11.8 Å². The van der Waals surface area contributed by atoms with E-state index in [1.807, 2.05) is 29.0 Å². The smallest absolute Gasteiger partial charge is 0.237 e. The molecule has 0 bridgehead atoms. The number of benzene rings is 1. The lowest BCUT2D eigenvalue weighted by atomic mass is 9.98. The lowest BCUT2D eigenvalue weighted by molar-refractivity contribution is -0.122. The Morgan fingerprint density at radius 2 is 2.00 bits per heavy atom. The van der Waals surface area contributed by atoms with E-state index in [2.05, 4.69) is 28.7 Å². The third kappa shape index (κ3) is 7.50. The van der Waals surface area contributed by atoms with E-state index in [0.29, 0.717) is 13.0 Å². The number of nitrogens with zero attached hydrogens (tertiary/aromatic N) is 2. The number of nitrogens with one attached hydrogen (secondary N) is 1. The predicted molar refractivity (Wildman–Crippen MR) is 123 cm³/mol. The van der Waals surface area contributed by atoms with Crippen molar-refractivity contribution in [1.82, 2.24) is 14.9 Å². The van der Waals surface area contributed by atoms with Crippen LogP contribution in [-0.2, 0) is 22.5 Å². The van der Waals surface area contributed by atoms with E-state index in [-0.39, 0.29) is 35.5 Å². The molecule has 6 nitrogen and oxygen atoms in total. The first-order valence-electron chi connectivity index (χ1n) is 9.31. The zero-order valence-corrected chi connectivity index (χ0v) is 19.0. The minimum atomic E-state index is -0.594. The maximum Gasteiger partial charge on any atom is 0.237 e. The maximum absolute atomic E-state index is 12.4. The Balaban J connectivity index is 0.00000210. The molecule has 0 aliphatic carbocycles. The summed E-state index contributed by atoms with van der Waals surface area (Å²) in [7, 11) is 0. The second-order valence-corrected chi connectivity index (χ2v) is 8.33. The molecule has 29 heavy (non-hydrogen) atoms. The molecule has 0 radical (unpaired) electrons. The van der Waals surface area contributed by atoms with Gasteiger partial charge in [-0.1, -0.05) is 30.3 Å². The van der Waals surface area contributed by atoms with Crippen molar-refractivity contribution in [2.24, 2.45) is 5.73 Å². The highest BCUT2D eigenvalue weighted by Gasteiger charge is 2.32. The first-order chi connectivity index (χ1) is 13.1. The molecule has 2 aromatic rings. The summed E-state index contributed by atoms with van der Waals surface area (Å²) in [6.07, 6.45) is 8.18. The van der Waals surface area contributed by atoms with Crippen LogP contribution in [0.1, 0.15) is 24.1 Å². The molecule has 0 saturated carbocycles. The number of carbonyl (C=O) groups is 1. The average Bonchev–Trinajstić information content (AvgIpc) is 3.14. The molecular formula is C20H30Cl2N4O2S. The van der Waals surface area contributed by atoms with Crippen molar-refractivity contribution in [2.75, 3.05) is 26.0 Å². The van der Waals surface area contributed by atoms with Crippen LogP contribution in [0.2, 0.25) is 0 Å². The number of imidazole rings is 1. The van der Waals surface area contributed by atoms with Crippen LogP contribution in [0.4, 0.5) is 0 Å². The van der Waals surface area contributed by atoms with E-state index in [9.17, 15) is 4.79 Å². The monoisotopic (exact) mass is 460 g/mol. The van der Waals surface area contributed by atoms with Gasteiger partial charge in [-0.25, -0.2) is 4.98 Å². The Bertz CT molecular complexity index is 739. The van der Waals surface area contributed by atoms with Crippen LogP contribution < -0.4 is 11.1 Å². The lowest BCUT2D eigenvalue weighted by Crippen LogP contribution is -2.49. The second kappa shape index (κ2) is 12.4. The van der Waals surface area contributed by atoms with E-state index >= 15 is 0 Å². The molecule has 0 spiro atoms. The van der Waals surface area contributed by atoms with Crippen LogP contribution in [-0.4, -0.2) is 52.3 Å². The van der Waals surface area contributed by atoms with Crippen LogP contribution in [0.25, 0.3) is 0 Å². The lowest BCUT2D eigenvalue weighted by Gasteiger charge is -2.35. The average molecular weight is 461 g/mol. The number of hydrogen-bond donors (Lipinski definition) is 2. The predicted octanol–water partition coefficient (Wildman–Crippen LogP) is 2.67. The third-order valence-electron chi connectivity index (χ3n) is 5.08. The molecule has 1 saturated heterocycles. The number of ether oxygens (including phenoxy) is 1. The fourth-order valence-electron chi connectivity index (χ4n) is 3.29. The standard InChI is InChI=1S/C20H28N4O2S.2ClH/c1-27-20(7-9-26-10-8-20)14-22-19(25)18(21)11-17-13-24(15-23-17)12-16-5-3-2-4-6-16;;/h2-6,13,15,18H,7-12,14,21H2,1H3,(H,22,25);2*1H/t18-;;/m0../s1. The summed E-state index contributed by atoms with van der Waals surface area (Å²) in [5.41, 5.74) is 8.16. The Morgan fingerprint density at radius 1 is 1.31 bits per heavy atom. The zero-order chi connectivity index (χ0) is 19.1. The topological polar surface area (TPSA) is 82.2 Å². The quantitative estimate of drug-likeness (QED) is 0.632. The summed E-state index contributed by atoms with van der Waals surface area (Å²) in [5.74, 6) is -0.118. The van der Waals surface area contributed by atoms with Crippen LogP contribution in [0.3, 0.4) is 0 Å². The molecule has 1 aromatic carbocycles. The molecule has 1 amide bonds. The van der Waals surface area contributed by atoms with Crippen LogP contribution in [0, 0.1) is 0 Å². The largest absolute Gasteiger partial charge is 0.381 e. The molecule has 2 heterocycles. The van der Waals surface area contributed by atoms with Gasteiger partial charge in [-0.15, -0.1) is 24.8 Å². The molecule has 1 fully saturated rings. The van der Waals surface area contributed by atoms with E-state index in [0.717, 1.165) is 38.3 Å². The number of aromatic nitrogens is 2. The Labute approximate surface area is 189 Å². The minimum absolute atomic E-state index is 0. The molecule has 1 aliphatic rings. The van der Waals surface area contributed by atoms with E-state index in [1.54, 1.807) is 18.1 Å². The number of thioether (sulfide) groups is 1. The van der Waals surface area contributed by atoms with Crippen molar-refractivity contribution < 1.29 is 9.53 Å².